The number of nitrogens with one attached hydrogen (secondary N) is 1. The van der Waals surface area contributed by atoms with Crippen LogP contribution in [0.1, 0.15) is 32.8 Å². The van der Waals surface area contributed by atoms with Crippen molar-refractivity contribution >= 4 is 27.7 Å². The van der Waals surface area contributed by atoms with E-state index in [9.17, 15) is 0 Å². The molecule has 0 saturated carbocycles. The zero-order valence-electron chi connectivity index (χ0n) is 11.9. The Bertz CT molecular complexity index is 384. The van der Waals surface area contributed by atoms with Crippen molar-refractivity contribution in [3.8, 4) is 0 Å². The van der Waals surface area contributed by atoms with Crippen LogP contribution in [-0.2, 0) is 6.54 Å². The van der Waals surface area contributed by atoms with Gasteiger partial charge in [-0.05, 0) is 52.5 Å². The maximum absolute atomic E-state index is 8.94. The van der Waals surface area contributed by atoms with E-state index in [1.54, 1.807) is 11.8 Å². The third-order valence-electron chi connectivity index (χ3n) is 2.74. The molecule has 1 unspecified atom stereocenters. The van der Waals surface area contributed by atoms with Crippen LogP contribution in [0.2, 0.25) is 0 Å². The molecule has 0 bridgehead atoms. The number of hydrogen-bond donors (Lipinski definition) is 2. The van der Waals surface area contributed by atoms with Gasteiger partial charge in [0.15, 0.2) is 0 Å². The number of thioether (sulfide) groups is 1. The lowest BCUT2D eigenvalue weighted by atomic mass is 10.2. The average molecular weight is 346 g/mol. The van der Waals surface area contributed by atoms with E-state index in [1.807, 2.05) is 0 Å². The van der Waals surface area contributed by atoms with Gasteiger partial charge in [-0.3, -0.25) is 0 Å². The van der Waals surface area contributed by atoms with Crippen LogP contribution in [0.15, 0.2) is 27.6 Å². The van der Waals surface area contributed by atoms with Gasteiger partial charge in [-0.15, -0.1) is 11.8 Å². The SMILES string of the molecule is CC(C)CNCc1ccc(SC(C)CCO)c(Br)c1. The van der Waals surface area contributed by atoms with E-state index in [2.05, 4.69) is 60.2 Å². The maximum atomic E-state index is 8.94. The summed E-state index contributed by atoms with van der Waals surface area (Å²) in [5, 5.41) is 12.8. The summed E-state index contributed by atoms with van der Waals surface area (Å²) >= 11 is 5.44. The number of hydrogen-bond acceptors (Lipinski definition) is 3. The highest BCUT2D eigenvalue weighted by Crippen LogP contribution is 2.32. The topological polar surface area (TPSA) is 32.3 Å². The predicted octanol–water partition coefficient (Wildman–Crippen LogP) is 4.06. The third-order valence-corrected chi connectivity index (χ3v) is 4.91. The zero-order valence-corrected chi connectivity index (χ0v) is 14.4. The van der Waals surface area contributed by atoms with Crippen LogP contribution >= 0.6 is 27.7 Å². The van der Waals surface area contributed by atoms with Crippen molar-refractivity contribution in [2.45, 2.75) is 43.9 Å². The van der Waals surface area contributed by atoms with Crippen LogP contribution in [0.5, 0.6) is 0 Å². The molecule has 108 valence electrons. The van der Waals surface area contributed by atoms with Crippen LogP contribution in [0.25, 0.3) is 0 Å². The largest absolute Gasteiger partial charge is 0.396 e. The van der Waals surface area contributed by atoms with Gasteiger partial charge in [0.05, 0.1) is 0 Å². The van der Waals surface area contributed by atoms with Crippen molar-refractivity contribution < 1.29 is 5.11 Å². The molecule has 2 N–H and O–H groups in total. The van der Waals surface area contributed by atoms with Gasteiger partial charge in [-0.25, -0.2) is 0 Å². The average Bonchev–Trinajstić information content (AvgIpc) is 2.32. The van der Waals surface area contributed by atoms with Gasteiger partial charge in [-0.1, -0.05) is 26.8 Å². The van der Waals surface area contributed by atoms with Crippen molar-refractivity contribution in [1.82, 2.24) is 5.32 Å². The molecule has 0 aliphatic rings. The van der Waals surface area contributed by atoms with E-state index < -0.39 is 0 Å². The molecule has 2 nitrogen and oxygen atoms in total. The van der Waals surface area contributed by atoms with Gasteiger partial charge < -0.3 is 10.4 Å². The second-order valence-corrected chi connectivity index (χ2v) is 7.56. The quantitative estimate of drug-likeness (QED) is 0.697. The van der Waals surface area contributed by atoms with Crippen LogP contribution in [0, 0.1) is 5.92 Å². The summed E-state index contributed by atoms with van der Waals surface area (Å²) in [7, 11) is 0. The Morgan fingerprint density at radius 3 is 2.63 bits per heavy atom. The Morgan fingerprint density at radius 2 is 2.05 bits per heavy atom. The van der Waals surface area contributed by atoms with Crippen LogP contribution in [-0.4, -0.2) is 23.5 Å². The highest BCUT2D eigenvalue weighted by molar-refractivity contribution is 9.10. The van der Waals surface area contributed by atoms with E-state index in [0.29, 0.717) is 11.2 Å². The van der Waals surface area contributed by atoms with E-state index >= 15 is 0 Å². The van der Waals surface area contributed by atoms with Gasteiger partial charge >= 0.3 is 0 Å². The molecule has 0 spiro atoms. The number of benzene rings is 1. The van der Waals surface area contributed by atoms with Crippen LogP contribution < -0.4 is 5.32 Å². The zero-order chi connectivity index (χ0) is 14.3. The van der Waals surface area contributed by atoms with Crippen molar-refractivity contribution in [2.24, 2.45) is 5.92 Å². The highest BCUT2D eigenvalue weighted by atomic mass is 79.9. The minimum atomic E-state index is 0.253. The van der Waals surface area contributed by atoms with E-state index in [-0.39, 0.29) is 6.61 Å². The molecule has 1 aromatic carbocycles. The Hall–Kier alpha value is -0.0300. The summed E-state index contributed by atoms with van der Waals surface area (Å²) in [6.45, 7) is 8.78. The summed E-state index contributed by atoms with van der Waals surface area (Å²) < 4.78 is 1.14. The fourth-order valence-corrected chi connectivity index (χ4v) is 3.39. The number of halogens is 1. The van der Waals surface area contributed by atoms with E-state index in [1.165, 1.54) is 10.5 Å². The van der Waals surface area contributed by atoms with Gasteiger partial charge in [-0.2, -0.15) is 0 Å². The summed E-state index contributed by atoms with van der Waals surface area (Å²) in [5.74, 6) is 0.678. The monoisotopic (exact) mass is 345 g/mol. The molecule has 0 fully saturated rings. The fourth-order valence-electron chi connectivity index (χ4n) is 1.71. The second-order valence-electron chi connectivity index (χ2n) is 5.23. The lowest BCUT2D eigenvalue weighted by Crippen LogP contribution is -2.18. The summed E-state index contributed by atoms with van der Waals surface area (Å²) in [5.41, 5.74) is 1.30. The smallest absolute Gasteiger partial charge is 0.0441 e. The molecule has 4 heteroatoms. The molecule has 0 radical (unpaired) electrons. The molecule has 1 atom stereocenters. The maximum Gasteiger partial charge on any atom is 0.0441 e. The first-order valence-electron chi connectivity index (χ1n) is 6.79. The third kappa shape index (κ3) is 6.80. The number of rotatable bonds is 8. The molecule has 0 aromatic heterocycles. The minimum absolute atomic E-state index is 0.253. The number of aliphatic hydroxyl groups excluding tert-OH is 1. The molecule has 0 heterocycles. The molecule has 1 aromatic rings. The predicted molar refractivity (Wildman–Crippen MR) is 87.7 cm³/mol. The van der Waals surface area contributed by atoms with Crippen LogP contribution in [0.3, 0.4) is 0 Å². The molecule has 0 saturated heterocycles. The molecular weight excluding hydrogens is 322 g/mol. The standard InChI is InChI=1S/C15H24BrNOS/c1-11(2)9-17-10-13-4-5-15(14(16)8-13)19-12(3)6-7-18/h4-5,8,11-12,17-18H,6-7,9-10H2,1-3H3. The lowest BCUT2D eigenvalue weighted by Gasteiger charge is -2.13. The molecule has 0 aliphatic carbocycles. The summed E-state index contributed by atoms with van der Waals surface area (Å²) in [6, 6.07) is 6.52. The van der Waals surface area contributed by atoms with Gasteiger partial charge in [0, 0.05) is 27.8 Å². The second kappa shape index (κ2) is 9.01. The van der Waals surface area contributed by atoms with Crippen molar-refractivity contribution in [2.75, 3.05) is 13.2 Å². The van der Waals surface area contributed by atoms with Gasteiger partial charge in [0.1, 0.15) is 0 Å². The molecular formula is C15H24BrNOS. The Balaban J connectivity index is 2.54. The van der Waals surface area contributed by atoms with Crippen LogP contribution in [0.4, 0.5) is 0 Å². The number of aliphatic hydroxyl groups is 1. The Morgan fingerprint density at radius 1 is 1.32 bits per heavy atom. The van der Waals surface area contributed by atoms with Crippen molar-refractivity contribution in [1.29, 1.82) is 0 Å². The summed E-state index contributed by atoms with van der Waals surface area (Å²) in [6.07, 6.45) is 0.828. The van der Waals surface area contributed by atoms with E-state index in [0.717, 1.165) is 24.0 Å². The van der Waals surface area contributed by atoms with E-state index in [4.69, 9.17) is 5.11 Å². The van der Waals surface area contributed by atoms with Gasteiger partial charge in [0.25, 0.3) is 0 Å². The molecule has 1 rings (SSSR count). The first-order chi connectivity index (χ1) is 9.02. The molecule has 0 amide bonds. The summed E-state index contributed by atoms with van der Waals surface area (Å²) in [4.78, 5) is 1.24. The molecule has 19 heavy (non-hydrogen) atoms. The Kier molecular flexibility index (Phi) is 8.07. The normalized spacial score (nSPS) is 12.9. The van der Waals surface area contributed by atoms with Gasteiger partial charge in [0.2, 0.25) is 0 Å². The minimum Gasteiger partial charge on any atom is -0.396 e. The molecule has 0 aliphatic heterocycles. The van der Waals surface area contributed by atoms with Crippen molar-refractivity contribution in [3.63, 3.8) is 0 Å². The highest BCUT2D eigenvalue weighted by Gasteiger charge is 2.07. The fraction of sp³-hybridized carbons (Fsp3) is 0.600. The first-order valence-corrected chi connectivity index (χ1v) is 8.46. The first kappa shape index (κ1) is 17.0. The van der Waals surface area contributed by atoms with Crippen molar-refractivity contribution in [3.05, 3.63) is 28.2 Å². The lowest BCUT2D eigenvalue weighted by molar-refractivity contribution is 0.289. The Labute approximate surface area is 129 Å².